The Morgan fingerprint density at radius 2 is 2.26 bits per heavy atom. The molecule has 1 atom stereocenters. The Bertz CT molecular complexity index is 376. The molecule has 1 rings (SSSR count). The van der Waals surface area contributed by atoms with Crippen molar-refractivity contribution in [2.75, 3.05) is 19.4 Å². The van der Waals surface area contributed by atoms with E-state index in [0.717, 1.165) is 24.3 Å². The van der Waals surface area contributed by atoms with E-state index in [4.69, 9.17) is 5.11 Å². The molecule has 4 nitrogen and oxygen atoms in total. The molecule has 1 aromatic heterocycles. The number of thioether (sulfide) groups is 1. The van der Waals surface area contributed by atoms with E-state index in [9.17, 15) is 4.79 Å². The zero-order valence-corrected chi connectivity index (χ0v) is 12.4. The number of nitrogens with one attached hydrogen (secondary N) is 1. The van der Waals surface area contributed by atoms with Gasteiger partial charge in [0, 0.05) is 19.3 Å². The second-order valence-corrected chi connectivity index (χ2v) is 5.29. The molecule has 0 aliphatic heterocycles. The molecule has 0 saturated heterocycles. The highest BCUT2D eigenvalue weighted by Gasteiger charge is 2.11. The molecule has 1 amide bonds. The van der Waals surface area contributed by atoms with Gasteiger partial charge in [-0.2, -0.15) is 0 Å². The summed E-state index contributed by atoms with van der Waals surface area (Å²) in [5, 5.41) is 12.8. The number of rotatable bonds is 8. The fraction of sp³-hybridized carbons (Fsp3) is 0.571. The first-order chi connectivity index (χ1) is 9.21. The third-order valence-electron chi connectivity index (χ3n) is 2.99. The number of hydrogen-bond acceptors (Lipinski definition) is 4. The van der Waals surface area contributed by atoms with Gasteiger partial charge in [0.05, 0.1) is 10.6 Å². The number of pyridine rings is 1. The van der Waals surface area contributed by atoms with Crippen LogP contribution < -0.4 is 5.32 Å². The van der Waals surface area contributed by atoms with Crippen LogP contribution in [0.2, 0.25) is 0 Å². The molecule has 1 heterocycles. The molecule has 19 heavy (non-hydrogen) atoms. The van der Waals surface area contributed by atoms with Gasteiger partial charge < -0.3 is 10.4 Å². The minimum absolute atomic E-state index is 0.0980. The van der Waals surface area contributed by atoms with E-state index in [1.165, 1.54) is 0 Å². The molecule has 0 aliphatic carbocycles. The minimum Gasteiger partial charge on any atom is -0.396 e. The molecule has 0 saturated carbocycles. The topological polar surface area (TPSA) is 62.2 Å². The Hall–Kier alpha value is -1.07. The summed E-state index contributed by atoms with van der Waals surface area (Å²) in [6.07, 6.45) is 6.36. The third kappa shape index (κ3) is 5.61. The van der Waals surface area contributed by atoms with Gasteiger partial charge in [0.25, 0.3) is 5.91 Å². The normalized spacial score (nSPS) is 12.2. The van der Waals surface area contributed by atoms with Crippen LogP contribution in [0.3, 0.4) is 0 Å². The van der Waals surface area contributed by atoms with E-state index in [-0.39, 0.29) is 12.5 Å². The van der Waals surface area contributed by atoms with E-state index >= 15 is 0 Å². The lowest BCUT2D eigenvalue weighted by atomic mass is 10.0. The van der Waals surface area contributed by atoms with Gasteiger partial charge in [-0.25, -0.2) is 4.98 Å². The molecular weight excluding hydrogens is 260 g/mol. The Balaban J connectivity index is 2.48. The molecule has 0 fully saturated rings. The highest BCUT2D eigenvalue weighted by atomic mass is 32.2. The van der Waals surface area contributed by atoms with Crippen molar-refractivity contribution in [2.24, 2.45) is 5.92 Å². The van der Waals surface area contributed by atoms with Crippen molar-refractivity contribution in [2.45, 2.75) is 31.2 Å². The average Bonchev–Trinajstić information content (AvgIpc) is 2.45. The van der Waals surface area contributed by atoms with Gasteiger partial charge in [0.2, 0.25) is 0 Å². The first-order valence-electron chi connectivity index (χ1n) is 6.60. The highest BCUT2D eigenvalue weighted by molar-refractivity contribution is 7.98. The van der Waals surface area contributed by atoms with E-state index in [1.807, 2.05) is 12.3 Å². The lowest BCUT2D eigenvalue weighted by Crippen LogP contribution is -2.29. The largest absolute Gasteiger partial charge is 0.396 e. The SMILES string of the molecule is CCCC(CCO)CNC(=O)c1ccc(SC)nc1. The molecule has 1 unspecified atom stereocenters. The van der Waals surface area contributed by atoms with Crippen molar-refractivity contribution in [3.63, 3.8) is 0 Å². The second kappa shape index (κ2) is 8.93. The number of aliphatic hydroxyl groups is 1. The Labute approximate surface area is 119 Å². The molecule has 0 aromatic carbocycles. The van der Waals surface area contributed by atoms with Gasteiger partial charge in [0.1, 0.15) is 0 Å². The predicted molar refractivity (Wildman–Crippen MR) is 78.5 cm³/mol. The van der Waals surface area contributed by atoms with Crippen LogP contribution in [0, 0.1) is 5.92 Å². The maximum absolute atomic E-state index is 11.9. The maximum atomic E-state index is 11.9. The van der Waals surface area contributed by atoms with E-state index < -0.39 is 0 Å². The van der Waals surface area contributed by atoms with Crippen LogP contribution in [0.5, 0.6) is 0 Å². The van der Waals surface area contributed by atoms with Crippen molar-refractivity contribution < 1.29 is 9.90 Å². The Morgan fingerprint density at radius 1 is 1.47 bits per heavy atom. The lowest BCUT2D eigenvalue weighted by Gasteiger charge is -2.15. The van der Waals surface area contributed by atoms with Gasteiger partial charge in [-0.1, -0.05) is 13.3 Å². The number of aromatic nitrogens is 1. The molecule has 5 heteroatoms. The van der Waals surface area contributed by atoms with Crippen LogP contribution in [0.1, 0.15) is 36.5 Å². The van der Waals surface area contributed by atoms with Crippen molar-refractivity contribution >= 4 is 17.7 Å². The summed E-state index contributed by atoms with van der Waals surface area (Å²) in [6.45, 7) is 2.89. The standard InChI is InChI=1S/C14H22N2O2S/c1-3-4-11(7-8-17)9-16-14(18)12-5-6-13(19-2)15-10-12/h5-6,10-11,17H,3-4,7-9H2,1-2H3,(H,16,18). The Morgan fingerprint density at radius 3 is 2.79 bits per heavy atom. The van der Waals surface area contributed by atoms with Gasteiger partial charge in [-0.05, 0) is 37.1 Å². The van der Waals surface area contributed by atoms with Crippen LogP contribution in [0.25, 0.3) is 0 Å². The van der Waals surface area contributed by atoms with Crippen LogP contribution in [0.4, 0.5) is 0 Å². The number of carbonyl (C=O) groups excluding carboxylic acids is 1. The van der Waals surface area contributed by atoms with Crippen molar-refractivity contribution in [1.29, 1.82) is 0 Å². The molecule has 0 aliphatic rings. The number of nitrogens with zero attached hydrogens (tertiary/aromatic N) is 1. The third-order valence-corrected chi connectivity index (χ3v) is 3.65. The smallest absolute Gasteiger partial charge is 0.252 e. The van der Waals surface area contributed by atoms with Crippen molar-refractivity contribution in [3.8, 4) is 0 Å². The zero-order chi connectivity index (χ0) is 14.1. The highest BCUT2D eigenvalue weighted by Crippen LogP contribution is 2.12. The summed E-state index contributed by atoms with van der Waals surface area (Å²) in [5.41, 5.74) is 0.581. The maximum Gasteiger partial charge on any atom is 0.252 e. The fourth-order valence-corrected chi connectivity index (χ4v) is 2.28. The molecule has 0 radical (unpaired) electrons. The summed E-state index contributed by atoms with van der Waals surface area (Å²) in [4.78, 5) is 16.1. The number of hydrogen-bond donors (Lipinski definition) is 2. The van der Waals surface area contributed by atoms with Gasteiger partial charge in [-0.15, -0.1) is 11.8 Å². The first-order valence-corrected chi connectivity index (χ1v) is 7.82. The fourth-order valence-electron chi connectivity index (χ4n) is 1.91. The zero-order valence-electron chi connectivity index (χ0n) is 11.6. The summed E-state index contributed by atoms with van der Waals surface area (Å²) >= 11 is 1.55. The van der Waals surface area contributed by atoms with E-state index in [0.29, 0.717) is 18.0 Å². The molecule has 1 aromatic rings. The van der Waals surface area contributed by atoms with Gasteiger partial charge in [0.15, 0.2) is 0 Å². The average molecular weight is 282 g/mol. The van der Waals surface area contributed by atoms with E-state index in [1.54, 1.807) is 24.0 Å². The molecule has 0 spiro atoms. The Kier molecular flexibility index (Phi) is 7.52. The lowest BCUT2D eigenvalue weighted by molar-refractivity contribution is 0.0942. The van der Waals surface area contributed by atoms with Crippen molar-refractivity contribution in [1.82, 2.24) is 10.3 Å². The van der Waals surface area contributed by atoms with Gasteiger partial charge >= 0.3 is 0 Å². The van der Waals surface area contributed by atoms with Crippen LogP contribution in [-0.2, 0) is 0 Å². The summed E-state index contributed by atoms with van der Waals surface area (Å²) in [5.74, 6) is 0.247. The van der Waals surface area contributed by atoms with Crippen LogP contribution in [-0.4, -0.2) is 35.4 Å². The molecular formula is C14H22N2O2S. The van der Waals surface area contributed by atoms with Crippen LogP contribution in [0.15, 0.2) is 23.4 Å². The summed E-state index contributed by atoms with van der Waals surface area (Å²) < 4.78 is 0. The number of carbonyl (C=O) groups is 1. The summed E-state index contributed by atoms with van der Waals surface area (Å²) in [6, 6.07) is 3.63. The predicted octanol–water partition coefficient (Wildman–Crippen LogP) is 2.33. The minimum atomic E-state index is -0.0980. The van der Waals surface area contributed by atoms with Gasteiger partial charge in [-0.3, -0.25) is 4.79 Å². The molecule has 106 valence electrons. The van der Waals surface area contributed by atoms with Crippen molar-refractivity contribution in [3.05, 3.63) is 23.9 Å². The number of amides is 1. The number of aliphatic hydroxyl groups excluding tert-OH is 1. The monoisotopic (exact) mass is 282 g/mol. The first kappa shape index (κ1) is 16.0. The summed E-state index contributed by atoms with van der Waals surface area (Å²) in [7, 11) is 0. The quantitative estimate of drug-likeness (QED) is 0.718. The van der Waals surface area contributed by atoms with E-state index in [2.05, 4.69) is 17.2 Å². The van der Waals surface area contributed by atoms with Crippen LogP contribution >= 0.6 is 11.8 Å². The molecule has 0 bridgehead atoms. The second-order valence-electron chi connectivity index (χ2n) is 4.47. The molecule has 2 N–H and O–H groups in total.